The number of benzene rings is 1. The molecule has 20 heavy (non-hydrogen) atoms. The maximum atomic E-state index is 10.8. The second-order valence-corrected chi connectivity index (χ2v) is 6.61. The molecule has 0 aliphatic rings. The van der Waals surface area contributed by atoms with E-state index in [0.29, 0.717) is 16.9 Å². The maximum Gasteiger partial charge on any atom is 0.321 e. The highest BCUT2D eigenvalue weighted by Crippen LogP contribution is 2.34. The number of thioether (sulfide) groups is 1. The lowest BCUT2D eigenvalue weighted by atomic mass is 10.00. The van der Waals surface area contributed by atoms with E-state index in [4.69, 9.17) is 10.8 Å². The van der Waals surface area contributed by atoms with Crippen molar-refractivity contribution < 1.29 is 9.90 Å². The van der Waals surface area contributed by atoms with Gasteiger partial charge in [0.05, 0.1) is 0 Å². The van der Waals surface area contributed by atoms with Crippen molar-refractivity contribution >= 4 is 17.7 Å². The van der Waals surface area contributed by atoms with E-state index in [1.807, 2.05) is 0 Å². The second-order valence-electron chi connectivity index (χ2n) is 5.38. The predicted octanol–water partition coefficient (Wildman–Crippen LogP) is 3.80. The Labute approximate surface area is 125 Å². The first-order valence-electron chi connectivity index (χ1n) is 7.15. The van der Waals surface area contributed by atoms with Crippen LogP contribution in [0.5, 0.6) is 0 Å². The van der Waals surface area contributed by atoms with E-state index in [-0.39, 0.29) is 0 Å². The Kier molecular flexibility index (Phi) is 7.10. The Morgan fingerprint density at radius 2 is 1.80 bits per heavy atom. The maximum absolute atomic E-state index is 10.8. The number of carboxylic acids is 1. The summed E-state index contributed by atoms with van der Waals surface area (Å²) in [4.78, 5) is 10.8. The first-order chi connectivity index (χ1) is 9.45. The van der Waals surface area contributed by atoms with Gasteiger partial charge >= 0.3 is 5.97 Å². The predicted molar refractivity (Wildman–Crippen MR) is 86.2 cm³/mol. The van der Waals surface area contributed by atoms with E-state index in [9.17, 15) is 4.79 Å². The molecule has 0 saturated heterocycles. The van der Waals surface area contributed by atoms with Crippen LogP contribution in [-0.2, 0) is 4.79 Å². The number of hydrogen-bond acceptors (Lipinski definition) is 3. The van der Waals surface area contributed by atoms with Crippen molar-refractivity contribution in [1.29, 1.82) is 0 Å². The Bertz CT molecular complexity index is 417. The van der Waals surface area contributed by atoms with Gasteiger partial charge in [0.15, 0.2) is 0 Å². The van der Waals surface area contributed by atoms with E-state index in [1.54, 1.807) is 11.8 Å². The molecule has 0 aliphatic carbocycles. The van der Waals surface area contributed by atoms with Crippen LogP contribution >= 0.6 is 11.8 Å². The minimum absolute atomic E-state index is 0.326. The molecule has 0 heterocycles. The van der Waals surface area contributed by atoms with Crippen molar-refractivity contribution in [2.75, 3.05) is 5.75 Å². The third-order valence-corrected chi connectivity index (χ3v) is 4.78. The minimum Gasteiger partial charge on any atom is -0.480 e. The Morgan fingerprint density at radius 3 is 2.25 bits per heavy atom. The van der Waals surface area contributed by atoms with Gasteiger partial charge in [0.25, 0.3) is 0 Å². The first kappa shape index (κ1) is 17.1. The van der Waals surface area contributed by atoms with Crippen LogP contribution in [-0.4, -0.2) is 22.9 Å². The number of carboxylic acid groups (broad SMARTS) is 1. The monoisotopic (exact) mass is 295 g/mol. The van der Waals surface area contributed by atoms with Gasteiger partial charge in [-0.2, -0.15) is 11.8 Å². The molecule has 1 rings (SSSR count). The van der Waals surface area contributed by atoms with Gasteiger partial charge in [-0.25, -0.2) is 0 Å². The summed E-state index contributed by atoms with van der Waals surface area (Å²) in [5.41, 5.74) is 8.18. The van der Waals surface area contributed by atoms with Gasteiger partial charge in [-0.1, -0.05) is 51.5 Å². The molecule has 0 aromatic heterocycles. The average Bonchev–Trinajstić information content (AvgIpc) is 2.43. The molecule has 0 amide bonds. The van der Waals surface area contributed by atoms with Crippen LogP contribution in [0.1, 0.15) is 55.9 Å². The topological polar surface area (TPSA) is 63.3 Å². The molecule has 4 heteroatoms. The number of carbonyl (C=O) groups is 1. The molecule has 0 bridgehead atoms. The SMILES string of the molecule is CCCC(SC[C@H](N)C(=O)O)c1ccc(C(C)C)cc1. The van der Waals surface area contributed by atoms with E-state index in [1.165, 1.54) is 11.1 Å². The van der Waals surface area contributed by atoms with Gasteiger partial charge in [-0.05, 0) is 23.5 Å². The molecular formula is C16H25NO2S. The lowest BCUT2D eigenvalue weighted by Crippen LogP contribution is -2.32. The third kappa shape index (κ3) is 5.17. The van der Waals surface area contributed by atoms with Crippen LogP contribution in [0.3, 0.4) is 0 Å². The molecule has 3 nitrogen and oxygen atoms in total. The van der Waals surface area contributed by atoms with Crippen LogP contribution in [0.2, 0.25) is 0 Å². The van der Waals surface area contributed by atoms with Gasteiger partial charge in [0.1, 0.15) is 6.04 Å². The first-order valence-corrected chi connectivity index (χ1v) is 8.20. The molecule has 0 fully saturated rings. The van der Waals surface area contributed by atoms with Crippen molar-refractivity contribution in [2.45, 2.75) is 50.8 Å². The zero-order chi connectivity index (χ0) is 15.1. The van der Waals surface area contributed by atoms with Crippen LogP contribution in [0.4, 0.5) is 0 Å². The Balaban J connectivity index is 2.72. The lowest BCUT2D eigenvalue weighted by Gasteiger charge is -2.18. The number of nitrogens with two attached hydrogens (primary N) is 1. The highest BCUT2D eigenvalue weighted by Gasteiger charge is 2.17. The fraction of sp³-hybridized carbons (Fsp3) is 0.562. The van der Waals surface area contributed by atoms with Crippen molar-refractivity contribution in [1.82, 2.24) is 0 Å². The Hall–Kier alpha value is -1.00. The van der Waals surface area contributed by atoms with Crippen molar-refractivity contribution in [2.24, 2.45) is 5.73 Å². The van der Waals surface area contributed by atoms with Gasteiger partial charge < -0.3 is 10.8 Å². The zero-order valence-electron chi connectivity index (χ0n) is 12.5. The zero-order valence-corrected chi connectivity index (χ0v) is 13.3. The number of aliphatic carboxylic acids is 1. The fourth-order valence-electron chi connectivity index (χ4n) is 2.00. The van der Waals surface area contributed by atoms with Crippen molar-refractivity contribution in [3.8, 4) is 0 Å². The molecule has 0 saturated carbocycles. The van der Waals surface area contributed by atoms with Gasteiger partial charge in [0, 0.05) is 11.0 Å². The largest absolute Gasteiger partial charge is 0.480 e. The second kappa shape index (κ2) is 8.32. The molecule has 112 valence electrons. The molecule has 2 atom stereocenters. The smallest absolute Gasteiger partial charge is 0.321 e. The lowest BCUT2D eigenvalue weighted by molar-refractivity contribution is -0.137. The molecule has 1 unspecified atom stereocenters. The van der Waals surface area contributed by atoms with Gasteiger partial charge in [0.2, 0.25) is 0 Å². The summed E-state index contributed by atoms with van der Waals surface area (Å²) in [6.07, 6.45) is 2.12. The Morgan fingerprint density at radius 1 is 1.25 bits per heavy atom. The number of rotatable bonds is 8. The summed E-state index contributed by atoms with van der Waals surface area (Å²) in [6.45, 7) is 6.51. The number of hydrogen-bond donors (Lipinski definition) is 2. The summed E-state index contributed by atoms with van der Waals surface area (Å²) in [5, 5.41) is 9.18. The normalized spacial score (nSPS) is 14.2. The van der Waals surface area contributed by atoms with Crippen molar-refractivity contribution in [3.05, 3.63) is 35.4 Å². The molecule has 3 N–H and O–H groups in total. The van der Waals surface area contributed by atoms with Crippen molar-refractivity contribution in [3.63, 3.8) is 0 Å². The van der Waals surface area contributed by atoms with Crippen LogP contribution in [0, 0.1) is 0 Å². The quantitative estimate of drug-likeness (QED) is 0.765. The van der Waals surface area contributed by atoms with E-state index in [0.717, 1.165) is 12.8 Å². The highest BCUT2D eigenvalue weighted by molar-refractivity contribution is 7.99. The summed E-state index contributed by atoms with van der Waals surface area (Å²) >= 11 is 1.64. The summed E-state index contributed by atoms with van der Waals surface area (Å²) < 4.78 is 0. The molecular weight excluding hydrogens is 270 g/mol. The van der Waals surface area contributed by atoms with Crippen LogP contribution < -0.4 is 5.73 Å². The van der Waals surface area contributed by atoms with E-state index < -0.39 is 12.0 Å². The highest BCUT2D eigenvalue weighted by atomic mass is 32.2. The minimum atomic E-state index is -0.928. The van der Waals surface area contributed by atoms with E-state index >= 15 is 0 Å². The standard InChI is InChI=1S/C16H25NO2S/c1-4-5-15(20-10-14(17)16(18)19)13-8-6-12(7-9-13)11(2)3/h6-9,11,14-15H,4-5,10,17H2,1-3H3,(H,18,19)/t14-,15?/m0/s1. The van der Waals surface area contributed by atoms with E-state index in [2.05, 4.69) is 45.0 Å². The summed E-state index contributed by atoms with van der Waals surface area (Å²) in [6, 6.07) is 7.87. The average molecular weight is 295 g/mol. The fourth-order valence-corrected chi connectivity index (χ4v) is 3.33. The molecule has 0 aliphatic heterocycles. The van der Waals surface area contributed by atoms with Crippen LogP contribution in [0.25, 0.3) is 0 Å². The summed E-state index contributed by atoms with van der Waals surface area (Å²) in [5.74, 6) is 0.0519. The summed E-state index contributed by atoms with van der Waals surface area (Å²) in [7, 11) is 0. The van der Waals surface area contributed by atoms with Gasteiger partial charge in [-0.3, -0.25) is 4.79 Å². The molecule has 0 spiro atoms. The molecule has 0 radical (unpaired) electrons. The molecule has 1 aromatic rings. The van der Waals surface area contributed by atoms with Crippen LogP contribution in [0.15, 0.2) is 24.3 Å². The molecule has 1 aromatic carbocycles. The third-order valence-electron chi connectivity index (χ3n) is 3.32. The van der Waals surface area contributed by atoms with Gasteiger partial charge in [-0.15, -0.1) is 0 Å².